The first kappa shape index (κ1) is 15.1. The average molecular weight is 288 g/mol. The van der Waals surface area contributed by atoms with E-state index < -0.39 is 5.97 Å². The summed E-state index contributed by atoms with van der Waals surface area (Å²) in [6, 6.07) is 6.11. The number of rotatable bonds is 6. The zero-order valence-corrected chi connectivity index (χ0v) is 12.3. The third-order valence-corrected chi connectivity index (χ3v) is 3.70. The number of carboxylic acids is 1. The molecule has 0 saturated carbocycles. The zero-order chi connectivity index (χ0) is 15.4. The van der Waals surface area contributed by atoms with E-state index in [2.05, 4.69) is 4.98 Å². The van der Waals surface area contributed by atoms with Gasteiger partial charge in [-0.05, 0) is 24.5 Å². The van der Waals surface area contributed by atoms with Crippen LogP contribution in [-0.4, -0.2) is 40.5 Å². The highest BCUT2D eigenvalue weighted by Gasteiger charge is 2.12. The standard InChI is InChI=1S/C16H20N2O3/c1-11-4-3-5-13-12(10-17-16(11)13)6-7-14(19)18(2)9-8-15(20)21/h3-5,10,17H,6-9H2,1-2H3,(H,20,21). The summed E-state index contributed by atoms with van der Waals surface area (Å²) in [5, 5.41) is 9.78. The Bertz CT molecular complexity index is 661. The summed E-state index contributed by atoms with van der Waals surface area (Å²) in [4.78, 5) is 27.2. The van der Waals surface area contributed by atoms with Crippen LogP contribution in [0.2, 0.25) is 0 Å². The summed E-state index contributed by atoms with van der Waals surface area (Å²) in [6.07, 6.45) is 2.97. The van der Waals surface area contributed by atoms with Gasteiger partial charge in [0, 0.05) is 37.1 Å². The van der Waals surface area contributed by atoms with Crippen LogP contribution in [-0.2, 0) is 16.0 Å². The first-order valence-electron chi connectivity index (χ1n) is 7.00. The molecule has 0 unspecified atom stereocenters. The highest BCUT2D eigenvalue weighted by molar-refractivity contribution is 5.86. The number of para-hydroxylation sites is 1. The van der Waals surface area contributed by atoms with E-state index in [1.807, 2.05) is 31.3 Å². The molecule has 21 heavy (non-hydrogen) atoms. The molecule has 0 aliphatic heterocycles. The number of benzene rings is 1. The van der Waals surface area contributed by atoms with Gasteiger partial charge in [0.05, 0.1) is 6.42 Å². The van der Waals surface area contributed by atoms with Crippen molar-refractivity contribution in [2.75, 3.05) is 13.6 Å². The number of hydrogen-bond donors (Lipinski definition) is 2. The Morgan fingerprint density at radius 3 is 2.76 bits per heavy atom. The second-order valence-electron chi connectivity index (χ2n) is 5.27. The lowest BCUT2D eigenvalue weighted by Crippen LogP contribution is -2.29. The monoisotopic (exact) mass is 288 g/mol. The van der Waals surface area contributed by atoms with Crippen LogP contribution in [0.25, 0.3) is 10.9 Å². The number of nitrogens with zero attached hydrogens (tertiary/aromatic N) is 1. The molecule has 0 spiro atoms. The lowest BCUT2D eigenvalue weighted by Gasteiger charge is -2.15. The van der Waals surface area contributed by atoms with E-state index in [0.717, 1.165) is 16.5 Å². The number of hydrogen-bond acceptors (Lipinski definition) is 2. The zero-order valence-electron chi connectivity index (χ0n) is 12.3. The maximum Gasteiger partial charge on any atom is 0.305 e. The first-order chi connectivity index (χ1) is 9.99. The van der Waals surface area contributed by atoms with Crippen molar-refractivity contribution in [1.82, 2.24) is 9.88 Å². The van der Waals surface area contributed by atoms with E-state index in [0.29, 0.717) is 12.8 Å². The van der Waals surface area contributed by atoms with Crippen LogP contribution in [0, 0.1) is 6.92 Å². The average Bonchev–Trinajstić information content (AvgIpc) is 2.86. The van der Waals surface area contributed by atoms with Crippen molar-refractivity contribution >= 4 is 22.8 Å². The van der Waals surface area contributed by atoms with Gasteiger partial charge in [0.15, 0.2) is 0 Å². The van der Waals surface area contributed by atoms with Gasteiger partial charge in [-0.25, -0.2) is 0 Å². The van der Waals surface area contributed by atoms with Crippen LogP contribution >= 0.6 is 0 Å². The minimum atomic E-state index is -0.887. The second kappa shape index (κ2) is 6.43. The SMILES string of the molecule is Cc1cccc2c(CCC(=O)N(C)CCC(=O)O)c[nH]c12. The third kappa shape index (κ3) is 3.62. The van der Waals surface area contributed by atoms with E-state index >= 15 is 0 Å². The summed E-state index contributed by atoms with van der Waals surface area (Å²) in [7, 11) is 1.64. The Hall–Kier alpha value is -2.30. The maximum atomic E-state index is 12.0. The minimum Gasteiger partial charge on any atom is -0.481 e. The van der Waals surface area contributed by atoms with Crippen molar-refractivity contribution in [3.05, 3.63) is 35.5 Å². The number of carboxylic acid groups (broad SMARTS) is 1. The van der Waals surface area contributed by atoms with E-state index in [4.69, 9.17) is 5.11 Å². The molecule has 0 atom stereocenters. The molecule has 0 aliphatic carbocycles. The van der Waals surface area contributed by atoms with Gasteiger partial charge in [-0.3, -0.25) is 9.59 Å². The number of nitrogens with one attached hydrogen (secondary N) is 1. The van der Waals surface area contributed by atoms with Gasteiger partial charge in [-0.2, -0.15) is 0 Å². The van der Waals surface area contributed by atoms with Crippen molar-refractivity contribution in [2.45, 2.75) is 26.2 Å². The second-order valence-corrected chi connectivity index (χ2v) is 5.27. The van der Waals surface area contributed by atoms with Crippen molar-refractivity contribution in [2.24, 2.45) is 0 Å². The number of aromatic nitrogens is 1. The quantitative estimate of drug-likeness (QED) is 0.857. The lowest BCUT2D eigenvalue weighted by molar-refractivity contribution is -0.138. The first-order valence-corrected chi connectivity index (χ1v) is 7.00. The Morgan fingerprint density at radius 1 is 1.29 bits per heavy atom. The fourth-order valence-corrected chi connectivity index (χ4v) is 2.39. The summed E-state index contributed by atoms with van der Waals surface area (Å²) in [5.41, 5.74) is 3.41. The van der Waals surface area contributed by atoms with Crippen LogP contribution in [0.4, 0.5) is 0 Å². The number of aryl methyl sites for hydroxylation is 2. The Kier molecular flexibility index (Phi) is 4.62. The van der Waals surface area contributed by atoms with E-state index in [9.17, 15) is 9.59 Å². The number of aliphatic carboxylic acids is 1. The van der Waals surface area contributed by atoms with Gasteiger partial charge >= 0.3 is 5.97 Å². The molecule has 2 aromatic rings. The van der Waals surface area contributed by atoms with Crippen LogP contribution < -0.4 is 0 Å². The van der Waals surface area contributed by atoms with Crippen LogP contribution in [0.1, 0.15) is 24.0 Å². The summed E-state index contributed by atoms with van der Waals surface area (Å²) in [5.74, 6) is -0.917. The number of fused-ring (bicyclic) bond motifs is 1. The van der Waals surface area contributed by atoms with Crippen LogP contribution in [0.5, 0.6) is 0 Å². The van der Waals surface area contributed by atoms with Gasteiger partial charge in [-0.15, -0.1) is 0 Å². The summed E-state index contributed by atoms with van der Waals surface area (Å²) in [6.45, 7) is 2.30. The summed E-state index contributed by atoms with van der Waals surface area (Å²) >= 11 is 0. The molecule has 2 rings (SSSR count). The fourth-order valence-electron chi connectivity index (χ4n) is 2.39. The van der Waals surface area contributed by atoms with Gasteiger partial charge in [0.25, 0.3) is 0 Å². The molecule has 5 heteroatoms. The molecule has 0 bridgehead atoms. The number of carbonyl (C=O) groups is 2. The molecule has 0 saturated heterocycles. The normalized spacial score (nSPS) is 10.8. The van der Waals surface area contributed by atoms with E-state index in [-0.39, 0.29) is 18.9 Å². The van der Waals surface area contributed by atoms with Crippen LogP contribution in [0.15, 0.2) is 24.4 Å². The summed E-state index contributed by atoms with van der Waals surface area (Å²) < 4.78 is 0. The van der Waals surface area contributed by atoms with Gasteiger partial charge in [0.2, 0.25) is 5.91 Å². The smallest absolute Gasteiger partial charge is 0.305 e. The molecule has 1 amide bonds. The van der Waals surface area contributed by atoms with Crippen molar-refractivity contribution in [3.63, 3.8) is 0 Å². The molecular weight excluding hydrogens is 268 g/mol. The van der Waals surface area contributed by atoms with E-state index in [1.54, 1.807) is 7.05 Å². The third-order valence-electron chi connectivity index (χ3n) is 3.70. The molecule has 5 nitrogen and oxygen atoms in total. The van der Waals surface area contributed by atoms with Crippen molar-refractivity contribution < 1.29 is 14.7 Å². The Balaban J connectivity index is 1.97. The van der Waals surface area contributed by atoms with Crippen LogP contribution in [0.3, 0.4) is 0 Å². The molecule has 2 N–H and O–H groups in total. The van der Waals surface area contributed by atoms with Crippen molar-refractivity contribution in [3.8, 4) is 0 Å². The van der Waals surface area contributed by atoms with Gasteiger partial charge < -0.3 is 15.0 Å². The van der Waals surface area contributed by atoms with E-state index in [1.165, 1.54) is 10.5 Å². The number of aromatic amines is 1. The highest BCUT2D eigenvalue weighted by Crippen LogP contribution is 2.22. The number of H-pyrrole nitrogens is 1. The molecule has 0 radical (unpaired) electrons. The number of amides is 1. The maximum absolute atomic E-state index is 12.0. The predicted octanol–water partition coefficient (Wildman–Crippen LogP) is 2.34. The largest absolute Gasteiger partial charge is 0.481 e. The minimum absolute atomic E-state index is 0.0193. The number of carbonyl (C=O) groups excluding carboxylic acids is 1. The molecule has 1 aromatic carbocycles. The van der Waals surface area contributed by atoms with Gasteiger partial charge in [0.1, 0.15) is 0 Å². The predicted molar refractivity (Wildman–Crippen MR) is 81.2 cm³/mol. The topological polar surface area (TPSA) is 73.4 Å². The highest BCUT2D eigenvalue weighted by atomic mass is 16.4. The fraction of sp³-hybridized carbons (Fsp3) is 0.375. The molecule has 0 aliphatic rings. The lowest BCUT2D eigenvalue weighted by atomic mass is 10.1. The molecule has 1 heterocycles. The molecule has 112 valence electrons. The molecule has 1 aromatic heterocycles. The van der Waals surface area contributed by atoms with Crippen molar-refractivity contribution in [1.29, 1.82) is 0 Å². The Labute approximate surface area is 123 Å². The molecular formula is C16H20N2O3. The van der Waals surface area contributed by atoms with Gasteiger partial charge in [-0.1, -0.05) is 18.2 Å². The Morgan fingerprint density at radius 2 is 2.05 bits per heavy atom. The molecule has 0 fully saturated rings.